The average Bonchev–Trinajstić information content (AvgIpc) is 2.84. The molecule has 0 fully saturated rings. The highest BCUT2D eigenvalue weighted by molar-refractivity contribution is 5.99. The largest absolute Gasteiger partial charge is 0.480 e. The topological polar surface area (TPSA) is 108 Å². The SMILES string of the molecule is CC(C)C[C@H](NC(=O)c1ccc2n[nH]nc2c1)C(=O)O. The van der Waals surface area contributed by atoms with Crippen LogP contribution < -0.4 is 5.32 Å². The number of aliphatic carboxylic acids is 1. The van der Waals surface area contributed by atoms with Crippen LogP contribution in [0, 0.1) is 5.92 Å². The number of carbonyl (C=O) groups excluding carboxylic acids is 1. The van der Waals surface area contributed by atoms with E-state index in [1.54, 1.807) is 18.2 Å². The van der Waals surface area contributed by atoms with Crippen LogP contribution in [0.2, 0.25) is 0 Å². The van der Waals surface area contributed by atoms with Gasteiger partial charge in [0.05, 0.1) is 0 Å². The summed E-state index contributed by atoms with van der Waals surface area (Å²) in [5.41, 5.74) is 1.58. The number of benzene rings is 1. The van der Waals surface area contributed by atoms with Gasteiger partial charge in [-0.1, -0.05) is 13.8 Å². The molecule has 106 valence electrons. The molecule has 7 heteroatoms. The van der Waals surface area contributed by atoms with Crippen LogP contribution in [0.1, 0.15) is 30.6 Å². The van der Waals surface area contributed by atoms with Crippen LogP contribution in [0.25, 0.3) is 11.0 Å². The number of rotatable bonds is 5. The number of carboxylic acid groups (broad SMARTS) is 1. The smallest absolute Gasteiger partial charge is 0.326 e. The highest BCUT2D eigenvalue weighted by atomic mass is 16.4. The number of fused-ring (bicyclic) bond motifs is 1. The minimum atomic E-state index is -1.03. The van der Waals surface area contributed by atoms with Gasteiger partial charge in [0.15, 0.2) is 0 Å². The molecule has 1 amide bonds. The van der Waals surface area contributed by atoms with E-state index in [0.717, 1.165) is 0 Å². The number of nitrogens with zero attached hydrogens (tertiary/aromatic N) is 2. The number of hydrogen-bond donors (Lipinski definition) is 3. The summed E-state index contributed by atoms with van der Waals surface area (Å²) >= 11 is 0. The quantitative estimate of drug-likeness (QED) is 0.760. The number of H-pyrrole nitrogens is 1. The van der Waals surface area contributed by atoms with Gasteiger partial charge >= 0.3 is 5.97 Å². The number of aromatic amines is 1. The summed E-state index contributed by atoms with van der Waals surface area (Å²) in [4.78, 5) is 23.2. The van der Waals surface area contributed by atoms with Gasteiger partial charge in [-0.25, -0.2) is 4.79 Å². The van der Waals surface area contributed by atoms with Gasteiger partial charge in [0.25, 0.3) is 5.91 Å². The van der Waals surface area contributed by atoms with Crippen LogP contribution in [0.4, 0.5) is 0 Å². The molecular formula is C13H16N4O3. The Morgan fingerprint density at radius 1 is 1.30 bits per heavy atom. The van der Waals surface area contributed by atoms with Crippen LogP contribution >= 0.6 is 0 Å². The van der Waals surface area contributed by atoms with Crippen LogP contribution in [-0.4, -0.2) is 38.4 Å². The minimum absolute atomic E-state index is 0.175. The Balaban J connectivity index is 2.15. The molecule has 0 spiro atoms. The molecule has 20 heavy (non-hydrogen) atoms. The lowest BCUT2D eigenvalue weighted by Gasteiger charge is -2.16. The molecule has 1 aromatic heterocycles. The molecular weight excluding hydrogens is 260 g/mol. The lowest BCUT2D eigenvalue weighted by atomic mass is 10.0. The second-order valence-corrected chi connectivity index (χ2v) is 5.02. The molecule has 0 aliphatic carbocycles. The fourth-order valence-electron chi connectivity index (χ4n) is 1.92. The predicted octanol–water partition coefficient (Wildman–Crippen LogP) is 1.19. The van der Waals surface area contributed by atoms with Gasteiger partial charge in [0.1, 0.15) is 17.1 Å². The van der Waals surface area contributed by atoms with Crippen molar-refractivity contribution in [2.24, 2.45) is 5.92 Å². The van der Waals surface area contributed by atoms with Crippen LogP contribution in [0.5, 0.6) is 0 Å². The van der Waals surface area contributed by atoms with Gasteiger partial charge in [-0.05, 0) is 30.5 Å². The number of carbonyl (C=O) groups is 2. The van der Waals surface area contributed by atoms with Crippen molar-refractivity contribution in [1.29, 1.82) is 0 Å². The van der Waals surface area contributed by atoms with Crippen molar-refractivity contribution in [1.82, 2.24) is 20.7 Å². The molecule has 2 rings (SSSR count). The Hall–Kier alpha value is -2.44. The summed E-state index contributed by atoms with van der Waals surface area (Å²) in [6.45, 7) is 3.81. The molecule has 0 aliphatic heterocycles. The van der Waals surface area contributed by atoms with Crippen LogP contribution in [0.15, 0.2) is 18.2 Å². The zero-order valence-corrected chi connectivity index (χ0v) is 11.3. The summed E-state index contributed by atoms with van der Waals surface area (Å²) in [7, 11) is 0. The minimum Gasteiger partial charge on any atom is -0.480 e. The number of hydrogen-bond acceptors (Lipinski definition) is 4. The van der Waals surface area contributed by atoms with E-state index < -0.39 is 17.9 Å². The second-order valence-electron chi connectivity index (χ2n) is 5.02. The molecule has 1 atom stereocenters. The standard InChI is InChI=1S/C13H16N4O3/c1-7(2)5-11(13(19)20)14-12(18)8-3-4-9-10(6-8)16-17-15-9/h3-4,6-7,11H,5H2,1-2H3,(H,14,18)(H,19,20)(H,15,16,17)/t11-/m0/s1. The first-order chi connectivity index (χ1) is 9.47. The molecule has 0 radical (unpaired) electrons. The summed E-state index contributed by atoms with van der Waals surface area (Å²) in [6.07, 6.45) is 0.382. The maximum Gasteiger partial charge on any atom is 0.326 e. The third kappa shape index (κ3) is 3.11. The van der Waals surface area contributed by atoms with E-state index in [9.17, 15) is 9.59 Å². The second kappa shape index (κ2) is 5.68. The first-order valence-corrected chi connectivity index (χ1v) is 6.31. The summed E-state index contributed by atoms with van der Waals surface area (Å²) in [5.74, 6) is -1.29. The van der Waals surface area contributed by atoms with Crippen molar-refractivity contribution in [3.63, 3.8) is 0 Å². The van der Waals surface area contributed by atoms with Gasteiger partial charge < -0.3 is 10.4 Å². The highest BCUT2D eigenvalue weighted by Gasteiger charge is 2.21. The molecule has 2 aromatic rings. The maximum absolute atomic E-state index is 12.1. The van der Waals surface area contributed by atoms with Crippen molar-refractivity contribution in [2.75, 3.05) is 0 Å². The Morgan fingerprint density at radius 3 is 2.65 bits per heavy atom. The molecule has 0 aliphatic rings. The number of aromatic nitrogens is 3. The first kappa shape index (κ1) is 14.0. The molecule has 0 saturated carbocycles. The monoisotopic (exact) mass is 276 g/mol. The number of carboxylic acids is 1. The van der Waals surface area contributed by atoms with Gasteiger partial charge in [-0.2, -0.15) is 15.4 Å². The van der Waals surface area contributed by atoms with E-state index in [1.807, 2.05) is 13.8 Å². The average molecular weight is 276 g/mol. The third-order valence-electron chi connectivity index (χ3n) is 2.89. The van der Waals surface area contributed by atoms with Gasteiger partial charge in [0.2, 0.25) is 0 Å². The van der Waals surface area contributed by atoms with Crippen molar-refractivity contribution in [3.05, 3.63) is 23.8 Å². The predicted molar refractivity (Wildman–Crippen MR) is 72.2 cm³/mol. The molecule has 0 saturated heterocycles. The number of nitrogens with one attached hydrogen (secondary N) is 2. The molecule has 1 heterocycles. The summed E-state index contributed by atoms with van der Waals surface area (Å²) in [5, 5.41) is 21.9. The van der Waals surface area contributed by atoms with E-state index in [1.165, 1.54) is 0 Å². The third-order valence-corrected chi connectivity index (χ3v) is 2.89. The zero-order valence-electron chi connectivity index (χ0n) is 11.3. The van der Waals surface area contributed by atoms with E-state index >= 15 is 0 Å². The van der Waals surface area contributed by atoms with E-state index in [4.69, 9.17) is 5.11 Å². The summed E-state index contributed by atoms with van der Waals surface area (Å²) < 4.78 is 0. The maximum atomic E-state index is 12.1. The normalized spacial score (nSPS) is 12.6. The highest BCUT2D eigenvalue weighted by Crippen LogP contribution is 2.12. The fraction of sp³-hybridized carbons (Fsp3) is 0.385. The Morgan fingerprint density at radius 2 is 2.00 bits per heavy atom. The van der Waals surface area contributed by atoms with Gasteiger partial charge in [0, 0.05) is 5.56 Å². The fourth-order valence-corrected chi connectivity index (χ4v) is 1.92. The first-order valence-electron chi connectivity index (χ1n) is 6.31. The van der Waals surface area contributed by atoms with Crippen molar-refractivity contribution >= 4 is 22.9 Å². The lowest BCUT2D eigenvalue weighted by molar-refractivity contribution is -0.139. The molecule has 7 nitrogen and oxygen atoms in total. The van der Waals surface area contributed by atoms with Crippen molar-refractivity contribution in [3.8, 4) is 0 Å². The van der Waals surface area contributed by atoms with E-state index in [-0.39, 0.29) is 5.92 Å². The van der Waals surface area contributed by atoms with Crippen molar-refractivity contribution in [2.45, 2.75) is 26.3 Å². The van der Waals surface area contributed by atoms with Crippen LogP contribution in [-0.2, 0) is 4.79 Å². The van der Waals surface area contributed by atoms with Crippen LogP contribution in [0.3, 0.4) is 0 Å². The van der Waals surface area contributed by atoms with Crippen molar-refractivity contribution < 1.29 is 14.7 Å². The Kier molecular flexibility index (Phi) is 3.97. The summed E-state index contributed by atoms with van der Waals surface area (Å²) in [6, 6.07) is 3.93. The molecule has 3 N–H and O–H groups in total. The zero-order chi connectivity index (χ0) is 14.7. The van der Waals surface area contributed by atoms with Gasteiger partial charge in [-0.15, -0.1) is 0 Å². The Labute approximate surface area is 115 Å². The van der Waals surface area contributed by atoms with E-state index in [2.05, 4.69) is 20.7 Å². The van der Waals surface area contributed by atoms with Gasteiger partial charge in [-0.3, -0.25) is 4.79 Å². The number of amides is 1. The lowest BCUT2D eigenvalue weighted by Crippen LogP contribution is -2.41. The molecule has 0 bridgehead atoms. The van der Waals surface area contributed by atoms with E-state index in [0.29, 0.717) is 23.0 Å². The molecule has 1 aromatic carbocycles. The Bertz CT molecular complexity index is 635. The molecule has 0 unspecified atom stereocenters.